The second-order valence-corrected chi connectivity index (χ2v) is 7.99. The average molecular weight is 312 g/mol. The summed E-state index contributed by atoms with van der Waals surface area (Å²) < 4.78 is 26.8. The predicted octanol–water partition coefficient (Wildman–Crippen LogP) is 1.34. The normalized spacial score (nSPS) is 25.4. The van der Waals surface area contributed by atoms with E-state index in [4.69, 9.17) is 0 Å². The van der Waals surface area contributed by atoms with Crippen LogP contribution in [-0.4, -0.2) is 49.2 Å². The van der Waals surface area contributed by atoms with Gasteiger partial charge in [-0.1, -0.05) is 19.3 Å². The highest BCUT2D eigenvalue weighted by Crippen LogP contribution is 2.27. The minimum atomic E-state index is -3.41. The third-order valence-electron chi connectivity index (χ3n) is 4.75. The zero-order valence-electron chi connectivity index (χ0n) is 12.3. The Morgan fingerprint density at radius 2 is 2.10 bits per heavy atom. The molecule has 1 aliphatic carbocycles. The van der Waals surface area contributed by atoms with Crippen LogP contribution >= 0.6 is 0 Å². The molecule has 2 fully saturated rings. The molecule has 21 heavy (non-hydrogen) atoms. The van der Waals surface area contributed by atoms with E-state index in [1.54, 1.807) is 0 Å². The first-order chi connectivity index (χ1) is 10.1. The van der Waals surface area contributed by atoms with Crippen molar-refractivity contribution >= 4 is 10.0 Å². The van der Waals surface area contributed by atoms with Crippen molar-refractivity contribution < 1.29 is 8.42 Å². The molecule has 1 saturated carbocycles. The SMILES string of the molecule is O=S(=O)(NCC1CCN(C2CCCCC2)C1)c1cn[nH]c1. The van der Waals surface area contributed by atoms with Crippen LogP contribution in [0.1, 0.15) is 38.5 Å². The maximum absolute atomic E-state index is 12.0. The van der Waals surface area contributed by atoms with E-state index >= 15 is 0 Å². The number of rotatable bonds is 5. The van der Waals surface area contributed by atoms with Gasteiger partial charge in [0.2, 0.25) is 10.0 Å². The zero-order valence-corrected chi connectivity index (χ0v) is 13.1. The fraction of sp³-hybridized carbons (Fsp3) is 0.786. The number of nitrogens with zero attached hydrogens (tertiary/aromatic N) is 2. The second kappa shape index (κ2) is 6.46. The van der Waals surface area contributed by atoms with Crippen molar-refractivity contribution in [2.24, 2.45) is 5.92 Å². The fourth-order valence-corrected chi connectivity index (χ4v) is 4.53. The van der Waals surface area contributed by atoms with Crippen molar-refractivity contribution in [3.05, 3.63) is 12.4 Å². The van der Waals surface area contributed by atoms with Gasteiger partial charge in [0.15, 0.2) is 0 Å². The Bertz CT molecular complexity index is 537. The van der Waals surface area contributed by atoms with Crippen LogP contribution in [0.25, 0.3) is 0 Å². The van der Waals surface area contributed by atoms with E-state index < -0.39 is 10.0 Å². The van der Waals surface area contributed by atoms with E-state index in [1.807, 2.05) is 0 Å². The molecule has 2 aliphatic rings. The van der Waals surface area contributed by atoms with Crippen LogP contribution in [0.4, 0.5) is 0 Å². The molecule has 0 amide bonds. The van der Waals surface area contributed by atoms with Crippen LogP contribution in [0, 0.1) is 5.92 Å². The van der Waals surface area contributed by atoms with Crippen molar-refractivity contribution in [3.63, 3.8) is 0 Å². The number of hydrogen-bond donors (Lipinski definition) is 2. The molecule has 118 valence electrons. The molecule has 0 spiro atoms. The largest absolute Gasteiger partial charge is 0.300 e. The highest BCUT2D eigenvalue weighted by atomic mass is 32.2. The van der Waals surface area contributed by atoms with Gasteiger partial charge < -0.3 is 4.90 Å². The molecule has 2 heterocycles. The molecule has 1 atom stereocenters. The van der Waals surface area contributed by atoms with Crippen molar-refractivity contribution in [2.75, 3.05) is 19.6 Å². The number of H-pyrrole nitrogens is 1. The molecule has 0 radical (unpaired) electrons. The third-order valence-corrected chi connectivity index (χ3v) is 6.14. The van der Waals surface area contributed by atoms with E-state index in [1.165, 1.54) is 44.5 Å². The van der Waals surface area contributed by atoms with Crippen molar-refractivity contribution in [2.45, 2.75) is 49.5 Å². The number of likely N-dealkylation sites (tertiary alicyclic amines) is 1. The first kappa shape index (κ1) is 15.0. The smallest absolute Gasteiger partial charge is 0.243 e. The summed E-state index contributed by atoms with van der Waals surface area (Å²) in [6.45, 7) is 2.66. The molecule has 6 nitrogen and oxygen atoms in total. The summed E-state index contributed by atoms with van der Waals surface area (Å²) >= 11 is 0. The van der Waals surface area contributed by atoms with Gasteiger partial charge >= 0.3 is 0 Å². The quantitative estimate of drug-likeness (QED) is 0.860. The standard InChI is InChI=1S/C14H24N4O2S/c19-21(20,14-9-15-16-10-14)17-8-12-6-7-18(11-12)13-4-2-1-3-5-13/h9-10,12-13,17H,1-8,11H2,(H,15,16). The van der Waals surface area contributed by atoms with Crippen LogP contribution in [0.5, 0.6) is 0 Å². The molecule has 1 saturated heterocycles. The van der Waals surface area contributed by atoms with E-state index in [0.29, 0.717) is 12.5 Å². The van der Waals surface area contributed by atoms with Crippen molar-refractivity contribution in [3.8, 4) is 0 Å². The van der Waals surface area contributed by atoms with Gasteiger partial charge in [0.1, 0.15) is 4.90 Å². The van der Waals surface area contributed by atoms with E-state index in [9.17, 15) is 8.42 Å². The zero-order chi connectivity index (χ0) is 14.7. The van der Waals surface area contributed by atoms with Gasteiger partial charge in [0.05, 0.1) is 6.20 Å². The Labute approximate surface area is 126 Å². The summed E-state index contributed by atoms with van der Waals surface area (Å²) in [5, 5.41) is 6.23. The Hall–Kier alpha value is -0.920. The molecule has 1 aromatic rings. The van der Waals surface area contributed by atoms with Crippen LogP contribution in [0.2, 0.25) is 0 Å². The maximum atomic E-state index is 12.0. The van der Waals surface area contributed by atoms with E-state index in [2.05, 4.69) is 19.8 Å². The average Bonchev–Trinajstić information content (AvgIpc) is 3.18. The summed E-state index contributed by atoms with van der Waals surface area (Å²) in [4.78, 5) is 2.78. The van der Waals surface area contributed by atoms with Gasteiger partial charge in [0, 0.05) is 25.3 Å². The van der Waals surface area contributed by atoms with Crippen LogP contribution in [0.15, 0.2) is 17.3 Å². The lowest BCUT2D eigenvalue weighted by molar-refractivity contribution is 0.185. The van der Waals surface area contributed by atoms with Crippen LogP contribution < -0.4 is 4.72 Å². The monoisotopic (exact) mass is 312 g/mol. The fourth-order valence-electron chi connectivity index (χ4n) is 3.50. The molecular weight excluding hydrogens is 288 g/mol. The van der Waals surface area contributed by atoms with Gasteiger partial charge in [0.25, 0.3) is 0 Å². The van der Waals surface area contributed by atoms with Gasteiger partial charge in [-0.2, -0.15) is 5.10 Å². The first-order valence-electron chi connectivity index (χ1n) is 7.87. The lowest BCUT2D eigenvalue weighted by Crippen LogP contribution is -2.36. The molecule has 2 N–H and O–H groups in total. The highest BCUT2D eigenvalue weighted by molar-refractivity contribution is 7.89. The number of hydrogen-bond acceptors (Lipinski definition) is 4. The Kier molecular flexibility index (Phi) is 4.61. The third kappa shape index (κ3) is 3.64. The van der Waals surface area contributed by atoms with Gasteiger partial charge in [-0.15, -0.1) is 0 Å². The summed E-state index contributed by atoms with van der Waals surface area (Å²) in [5.41, 5.74) is 0. The van der Waals surface area contributed by atoms with Crippen LogP contribution in [-0.2, 0) is 10.0 Å². The molecule has 0 bridgehead atoms. The molecule has 1 unspecified atom stereocenters. The van der Waals surface area contributed by atoms with Gasteiger partial charge in [-0.25, -0.2) is 13.1 Å². The topological polar surface area (TPSA) is 78.1 Å². The maximum Gasteiger partial charge on any atom is 0.243 e. The Morgan fingerprint density at radius 3 is 2.81 bits per heavy atom. The number of aromatic amines is 1. The predicted molar refractivity (Wildman–Crippen MR) is 80.3 cm³/mol. The Balaban J connectivity index is 1.49. The Morgan fingerprint density at radius 1 is 1.29 bits per heavy atom. The summed E-state index contributed by atoms with van der Waals surface area (Å²) in [7, 11) is -3.41. The van der Waals surface area contributed by atoms with E-state index in [0.717, 1.165) is 25.6 Å². The molecule has 1 aromatic heterocycles. The van der Waals surface area contributed by atoms with Crippen molar-refractivity contribution in [1.29, 1.82) is 0 Å². The lowest BCUT2D eigenvalue weighted by atomic mass is 9.94. The highest BCUT2D eigenvalue weighted by Gasteiger charge is 2.29. The molecule has 1 aliphatic heterocycles. The molecule has 7 heteroatoms. The first-order valence-corrected chi connectivity index (χ1v) is 9.36. The lowest BCUT2D eigenvalue weighted by Gasteiger charge is -2.31. The molecular formula is C14H24N4O2S. The number of aromatic nitrogens is 2. The molecule has 0 aromatic carbocycles. The minimum absolute atomic E-state index is 0.213. The number of sulfonamides is 1. The summed E-state index contributed by atoms with van der Waals surface area (Å²) in [5.74, 6) is 0.425. The number of nitrogens with one attached hydrogen (secondary N) is 2. The van der Waals surface area contributed by atoms with Crippen molar-refractivity contribution in [1.82, 2.24) is 19.8 Å². The summed E-state index contributed by atoms with van der Waals surface area (Å²) in [6.07, 6.45) is 10.5. The second-order valence-electron chi connectivity index (χ2n) is 6.23. The molecule has 3 rings (SSSR count). The van der Waals surface area contributed by atoms with Gasteiger partial charge in [-0.05, 0) is 31.7 Å². The van der Waals surface area contributed by atoms with E-state index in [-0.39, 0.29) is 4.90 Å². The summed E-state index contributed by atoms with van der Waals surface area (Å²) in [6, 6.07) is 0.731. The van der Waals surface area contributed by atoms with Gasteiger partial charge in [-0.3, -0.25) is 5.10 Å². The minimum Gasteiger partial charge on any atom is -0.300 e. The van der Waals surface area contributed by atoms with Crippen LogP contribution in [0.3, 0.4) is 0 Å².